The Labute approximate surface area is 133 Å². The lowest BCUT2D eigenvalue weighted by Crippen LogP contribution is -1.98. The average Bonchev–Trinajstić information content (AvgIpc) is 2.55. The van der Waals surface area contributed by atoms with E-state index in [4.69, 9.17) is 0 Å². The Morgan fingerprint density at radius 1 is 1.00 bits per heavy atom. The van der Waals surface area contributed by atoms with Crippen LogP contribution in [-0.2, 0) is 10.8 Å². The van der Waals surface area contributed by atoms with E-state index >= 15 is 0 Å². The van der Waals surface area contributed by atoms with Crippen LogP contribution in [0.25, 0.3) is 6.08 Å². The summed E-state index contributed by atoms with van der Waals surface area (Å²) in [6.45, 7) is 0. The van der Waals surface area contributed by atoms with Gasteiger partial charge in [0, 0.05) is 11.5 Å². The predicted octanol–water partition coefficient (Wildman–Crippen LogP) is 3.44. The normalized spacial score (nSPS) is 11.1. The van der Waals surface area contributed by atoms with Crippen molar-refractivity contribution in [3.05, 3.63) is 85.5 Å². The lowest BCUT2D eigenvalue weighted by Gasteiger charge is -1.99. The van der Waals surface area contributed by atoms with Crippen LogP contribution in [0.4, 0.5) is 11.4 Å². The Morgan fingerprint density at radius 2 is 1.70 bits per heavy atom. The molecule has 8 heteroatoms. The Kier molecular flexibility index (Phi) is 5.14. The minimum Gasteiger partial charge on any atom is -0.258 e. The van der Waals surface area contributed by atoms with Crippen LogP contribution in [-0.4, -0.2) is 14.1 Å². The molecule has 0 radical (unpaired) electrons. The smallest absolute Gasteiger partial charge is 0.258 e. The third-order valence-corrected chi connectivity index (χ3v) is 3.92. The molecule has 2 aromatic carbocycles. The van der Waals surface area contributed by atoms with Crippen LogP contribution >= 0.6 is 0 Å². The summed E-state index contributed by atoms with van der Waals surface area (Å²) in [5.41, 5.74) is 2.54. The summed E-state index contributed by atoms with van der Waals surface area (Å²) in [5.74, 6) is 0. The summed E-state index contributed by atoms with van der Waals surface area (Å²) in [6, 6.07) is 12.1. The van der Waals surface area contributed by atoms with Crippen molar-refractivity contribution < 1.29 is 14.1 Å². The standard InChI is InChI=1S/C15H10N2O5S/c18-16(19)13-8-9-15(14(11-13)17(20)21)23(22)10-4-7-12-5-2-1-3-6-12/h1-3,5-11H/t4?,23-/m0/s1. The van der Waals surface area contributed by atoms with E-state index in [1.54, 1.807) is 6.08 Å². The number of nitro groups is 2. The van der Waals surface area contributed by atoms with Crippen LogP contribution in [0.1, 0.15) is 5.56 Å². The highest BCUT2D eigenvalue weighted by Gasteiger charge is 2.22. The highest BCUT2D eigenvalue weighted by atomic mass is 32.2. The van der Waals surface area contributed by atoms with Gasteiger partial charge in [-0.25, -0.2) is 4.21 Å². The molecule has 0 saturated heterocycles. The molecule has 23 heavy (non-hydrogen) atoms. The molecule has 0 aliphatic rings. The molecule has 0 heterocycles. The van der Waals surface area contributed by atoms with E-state index in [2.05, 4.69) is 5.73 Å². The van der Waals surface area contributed by atoms with Gasteiger partial charge in [0.05, 0.1) is 26.7 Å². The highest BCUT2D eigenvalue weighted by Crippen LogP contribution is 2.27. The zero-order valence-corrected chi connectivity index (χ0v) is 12.4. The van der Waals surface area contributed by atoms with E-state index in [0.717, 1.165) is 23.8 Å². The van der Waals surface area contributed by atoms with Crippen LogP contribution in [0.5, 0.6) is 0 Å². The van der Waals surface area contributed by atoms with E-state index in [1.165, 1.54) is 5.41 Å². The van der Waals surface area contributed by atoms with Gasteiger partial charge in [-0.15, -0.1) is 5.73 Å². The summed E-state index contributed by atoms with van der Waals surface area (Å²) in [6.07, 6.45) is 1.58. The van der Waals surface area contributed by atoms with Gasteiger partial charge in [-0.3, -0.25) is 20.2 Å². The number of nitrogens with zero attached hydrogens (tertiary/aromatic N) is 2. The van der Waals surface area contributed by atoms with Crippen molar-refractivity contribution in [1.82, 2.24) is 0 Å². The second-order valence-electron chi connectivity index (χ2n) is 4.30. The number of non-ortho nitro benzene ring substituents is 1. The molecule has 0 N–H and O–H groups in total. The van der Waals surface area contributed by atoms with E-state index in [-0.39, 0.29) is 4.90 Å². The summed E-state index contributed by atoms with van der Waals surface area (Å²) in [5, 5.41) is 22.8. The molecular weight excluding hydrogens is 320 g/mol. The van der Waals surface area contributed by atoms with Gasteiger partial charge < -0.3 is 0 Å². The van der Waals surface area contributed by atoms with Gasteiger partial charge in [-0.2, -0.15) is 0 Å². The summed E-state index contributed by atoms with van der Waals surface area (Å²) in [7, 11) is -1.84. The Hall–Kier alpha value is -3.09. The Balaban J connectivity index is 2.34. The van der Waals surface area contributed by atoms with Crippen molar-refractivity contribution >= 4 is 28.3 Å². The lowest BCUT2D eigenvalue weighted by molar-refractivity contribution is -0.396. The Bertz CT molecular complexity index is 842. The average molecular weight is 330 g/mol. The maximum atomic E-state index is 12.1. The van der Waals surface area contributed by atoms with Crippen LogP contribution in [0.2, 0.25) is 0 Å². The predicted molar refractivity (Wildman–Crippen MR) is 85.1 cm³/mol. The SMILES string of the molecule is O=[N+]([O-])c1ccc([S@@](=O)C=C=Cc2ccccc2)c([N+](=O)[O-])c1. The fraction of sp³-hybridized carbons (Fsp3) is 0. The van der Waals surface area contributed by atoms with Crippen molar-refractivity contribution in [3.63, 3.8) is 0 Å². The van der Waals surface area contributed by atoms with E-state index in [0.29, 0.717) is 0 Å². The van der Waals surface area contributed by atoms with Crippen molar-refractivity contribution in [1.29, 1.82) is 0 Å². The van der Waals surface area contributed by atoms with Crippen LogP contribution in [0.3, 0.4) is 0 Å². The molecule has 0 aliphatic carbocycles. The van der Waals surface area contributed by atoms with Crippen molar-refractivity contribution in [2.45, 2.75) is 4.90 Å². The van der Waals surface area contributed by atoms with Gasteiger partial charge in [0.1, 0.15) is 4.90 Å². The van der Waals surface area contributed by atoms with Gasteiger partial charge in [-0.1, -0.05) is 30.3 Å². The highest BCUT2D eigenvalue weighted by molar-refractivity contribution is 7.88. The van der Waals surface area contributed by atoms with Gasteiger partial charge in [0.25, 0.3) is 11.4 Å². The van der Waals surface area contributed by atoms with Crippen molar-refractivity contribution in [3.8, 4) is 0 Å². The first-order valence-electron chi connectivity index (χ1n) is 6.30. The van der Waals surface area contributed by atoms with Crippen molar-refractivity contribution in [2.75, 3.05) is 0 Å². The van der Waals surface area contributed by atoms with Gasteiger partial charge >= 0.3 is 0 Å². The molecule has 0 spiro atoms. The summed E-state index contributed by atoms with van der Waals surface area (Å²) >= 11 is 0. The quantitative estimate of drug-likeness (QED) is 0.474. The number of hydrogen-bond acceptors (Lipinski definition) is 5. The third-order valence-electron chi connectivity index (χ3n) is 2.79. The molecule has 7 nitrogen and oxygen atoms in total. The van der Waals surface area contributed by atoms with E-state index < -0.39 is 32.0 Å². The maximum Gasteiger partial charge on any atom is 0.292 e. The number of hydrogen-bond donors (Lipinski definition) is 0. The number of rotatable bonds is 5. The zero-order chi connectivity index (χ0) is 16.8. The molecular formula is C15H10N2O5S. The monoisotopic (exact) mass is 330 g/mol. The second-order valence-corrected chi connectivity index (χ2v) is 5.57. The topological polar surface area (TPSA) is 103 Å². The van der Waals surface area contributed by atoms with Crippen molar-refractivity contribution in [2.24, 2.45) is 0 Å². The first-order chi connectivity index (χ1) is 11.0. The molecule has 2 aromatic rings. The number of benzene rings is 2. The first-order valence-corrected chi connectivity index (χ1v) is 7.51. The molecule has 0 fully saturated rings. The summed E-state index contributed by atoms with van der Waals surface area (Å²) in [4.78, 5) is 20.0. The van der Waals surface area contributed by atoms with E-state index in [9.17, 15) is 24.4 Å². The maximum absolute atomic E-state index is 12.1. The molecule has 0 aliphatic heterocycles. The van der Waals surface area contributed by atoms with Gasteiger partial charge in [0.15, 0.2) is 0 Å². The van der Waals surface area contributed by atoms with Gasteiger partial charge in [0.2, 0.25) is 0 Å². The molecule has 0 aromatic heterocycles. The largest absolute Gasteiger partial charge is 0.292 e. The third kappa shape index (κ3) is 4.19. The fourth-order valence-electron chi connectivity index (χ4n) is 1.74. The molecule has 2 rings (SSSR count). The molecule has 0 saturated carbocycles. The minimum absolute atomic E-state index is 0.116. The lowest BCUT2D eigenvalue weighted by atomic mass is 10.2. The fourth-order valence-corrected chi connectivity index (χ4v) is 2.60. The van der Waals surface area contributed by atoms with E-state index in [1.807, 2.05) is 30.3 Å². The van der Waals surface area contributed by atoms with Crippen LogP contribution in [0, 0.1) is 20.2 Å². The van der Waals surface area contributed by atoms with Crippen LogP contribution in [0.15, 0.2) is 64.6 Å². The zero-order valence-electron chi connectivity index (χ0n) is 11.6. The minimum atomic E-state index is -1.84. The number of nitro benzene ring substituents is 2. The molecule has 0 unspecified atom stereocenters. The van der Waals surface area contributed by atoms with Crippen LogP contribution < -0.4 is 0 Å². The van der Waals surface area contributed by atoms with Gasteiger partial charge in [-0.05, 0) is 17.7 Å². The molecule has 0 amide bonds. The Morgan fingerprint density at radius 3 is 2.30 bits per heavy atom. The first kappa shape index (κ1) is 16.3. The second kappa shape index (κ2) is 7.26. The molecule has 0 bridgehead atoms. The molecule has 1 atom stereocenters. The molecule has 116 valence electrons. The summed E-state index contributed by atoms with van der Waals surface area (Å²) < 4.78 is 12.1.